The molecule has 0 unspecified atom stereocenters. The lowest BCUT2D eigenvalue weighted by atomic mass is 10.1. The van der Waals surface area contributed by atoms with Gasteiger partial charge in [-0.2, -0.15) is 0 Å². The van der Waals surface area contributed by atoms with Crippen molar-refractivity contribution < 1.29 is 9.72 Å². The van der Waals surface area contributed by atoms with Gasteiger partial charge in [-0.15, -0.1) is 0 Å². The number of benzene rings is 4. The Morgan fingerprint density at radius 1 is 0.657 bits per heavy atom. The molecule has 6 heteroatoms. The number of aromatic nitrogens is 1. The summed E-state index contributed by atoms with van der Waals surface area (Å²) in [6.07, 6.45) is 0. The van der Waals surface area contributed by atoms with Crippen LogP contribution in [-0.4, -0.2) is 15.4 Å². The number of nitrogens with zero attached hydrogens (tertiary/aromatic N) is 2. The van der Waals surface area contributed by atoms with E-state index in [9.17, 15) is 14.9 Å². The third-order valence-corrected chi connectivity index (χ3v) is 5.74. The molecule has 0 aliphatic rings. The molecule has 1 N–H and O–H groups in total. The molecule has 0 bridgehead atoms. The van der Waals surface area contributed by atoms with Crippen molar-refractivity contribution >= 4 is 17.3 Å². The first-order valence-corrected chi connectivity index (χ1v) is 11.1. The van der Waals surface area contributed by atoms with E-state index in [1.807, 2.05) is 48.5 Å². The second-order valence-corrected chi connectivity index (χ2v) is 7.98. The zero-order chi connectivity index (χ0) is 24.2. The highest BCUT2D eigenvalue weighted by Crippen LogP contribution is 2.32. The van der Waals surface area contributed by atoms with Gasteiger partial charge in [-0.3, -0.25) is 14.9 Å². The Kier molecular flexibility index (Phi) is 5.92. The SMILES string of the molecule is O=C(Nc1ccc([N+](=O)[O-])cc1)c1ccc(-n2c(-c3ccccc3)ccc2-c2ccccc2)cc1. The van der Waals surface area contributed by atoms with Crippen LogP contribution >= 0.6 is 0 Å². The van der Waals surface area contributed by atoms with E-state index in [0.717, 1.165) is 28.2 Å². The fourth-order valence-electron chi connectivity index (χ4n) is 4.01. The molecule has 0 aliphatic carbocycles. The minimum atomic E-state index is -0.473. The molecular formula is C29H21N3O3. The Labute approximate surface area is 202 Å². The van der Waals surface area contributed by atoms with Crippen LogP contribution in [0.15, 0.2) is 121 Å². The van der Waals surface area contributed by atoms with Gasteiger partial charge in [0.15, 0.2) is 0 Å². The maximum Gasteiger partial charge on any atom is 0.269 e. The lowest BCUT2D eigenvalue weighted by molar-refractivity contribution is -0.384. The summed E-state index contributed by atoms with van der Waals surface area (Å²) in [4.78, 5) is 23.1. The molecule has 1 aromatic heterocycles. The fourth-order valence-corrected chi connectivity index (χ4v) is 4.01. The second-order valence-electron chi connectivity index (χ2n) is 7.98. The minimum Gasteiger partial charge on any atom is -0.322 e. The number of nitrogens with one attached hydrogen (secondary N) is 1. The number of carbonyl (C=O) groups is 1. The van der Waals surface area contributed by atoms with Crippen LogP contribution in [0.25, 0.3) is 28.2 Å². The Morgan fingerprint density at radius 3 is 1.66 bits per heavy atom. The van der Waals surface area contributed by atoms with Crippen LogP contribution in [0, 0.1) is 10.1 Å². The third kappa shape index (κ3) is 4.58. The molecule has 0 atom stereocenters. The number of anilines is 1. The van der Waals surface area contributed by atoms with Crippen LogP contribution in [0.1, 0.15) is 10.4 Å². The summed E-state index contributed by atoms with van der Waals surface area (Å²) < 4.78 is 2.18. The van der Waals surface area contributed by atoms with Gasteiger partial charge in [0.2, 0.25) is 0 Å². The van der Waals surface area contributed by atoms with Gasteiger partial charge in [0, 0.05) is 29.1 Å². The summed E-state index contributed by atoms with van der Waals surface area (Å²) >= 11 is 0. The van der Waals surface area contributed by atoms with Gasteiger partial charge < -0.3 is 9.88 Å². The van der Waals surface area contributed by atoms with Crippen LogP contribution < -0.4 is 5.32 Å². The highest BCUT2D eigenvalue weighted by atomic mass is 16.6. The fraction of sp³-hybridized carbons (Fsp3) is 0. The Balaban J connectivity index is 1.47. The summed E-state index contributed by atoms with van der Waals surface area (Å²) in [6, 6.07) is 37.7. The molecular weight excluding hydrogens is 438 g/mol. The molecule has 5 aromatic rings. The molecule has 0 aliphatic heterocycles. The predicted octanol–water partition coefficient (Wildman–Crippen LogP) is 6.97. The highest BCUT2D eigenvalue weighted by molar-refractivity contribution is 6.04. The average molecular weight is 460 g/mol. The van der Waals surface area contributed by atoms with Crippen molar-refractivity contribution in [3.63, 3.8) is 0 Å². The van der Waals surface area contributed by atoms with Crippen molar-refractivity contribution in [1.29, 1.82) is 0 Å². The Hall–Kier alpha value is -4.97. The molecule has 1 heterocycles. The standard InChI is InChI=1S/C29H21N3O3/c33-29(30-24-13-17-26(18-14-24)32(34)35)23-11-15-25(16-12-23)31-27(21-7-3-1-4-8-21)19-20-28(31)22-9-5-2-6-10-22/h1-20H,(H,30,33). The van der Waals surface area contributed by atoms with E-state index < -0.39 is 4.92 Å². The smallest absolute Gasteiger partial charge is 0.269 e. The first kappa shape index (κ1) is 21.9. The number of hydrogen-bond acceptors (Lipinski definition) is 3. The van der Waals surface area contributed by atoms with E-state index in [1.54, 1.807) is 12.1 Å². The lowest BCUT2D eigenvalue weighted by Crippen LogP contribution is -2.12. The number of nitro benzene ring substituents is 1. The normalized spacial score (nSPS) is 10.6. The van der Waals surface area contributed by atoms with Gasteiger partial charge in [-0.25, -0.2) is 0 Å². The van der Waals surface area contributed by atoms with Crippen LogP contribution in [0.5, 0.6) is 0 Å². The number of rotatable bonds is 6. The molecule has 0 saturated carbocycles. The molecule has 4 aromatic carbocycles. The molecule has 0 radical (unpaired) electrons. The topological polar surface area (TPSA) is 77.2 Å². The van der Waals surface area contributed by atoms with Crippen molar-refractivity contribution in [3.05, 3.63) is 137 Å². The summed E-state index contributed by atoms with van der Waals surface area (Å²) in [5.74, 6) is -0.288. The molecule has 6 nitrogen and oxygen atoms in total. The van der Waals surface area contributed by atoms with Crippen molar-refractivity contribution in [2.45, 2.75) is 0 Å². The molecule has 0 saturated heterocycles. The lowest BCUT2D eigenvalue weighted by Gasteiger charge is -2.15. The molecule has 0 spiro atoms. The zero-order valence-corrected chi connectivity index (χ0v) is 18.7. The molecule has 35 heavy (non-hydrogen) atoms. The number of nitro groups is 1. The van der Waals surface area contributed by atoms with Crippen LogP contribution in [0.3, 0.4) is 0 Å². The van der Waals surface area contributed by atoms with Crippen molar-refractivity contribution in [1.82, 2.24) is 4.57 Å². The summed E-state index contributed by atoms with van der Waals surface area (Å²) in [5, 5.41) is 13.6. The van der Waals surface area contributed by atoms with Gasteiger partial charge in [0.25, 0.3) is 11.6 Å². The van der Waals surface area contributed by atoms with E-state index in [4.69, 9.17) is 0 Å². The maximum absolute atomic E-state index is 12.8. The quantitative estimate of drug-likeness (QED) is 0.220. The Morgan fingerprint density at radius 2 is 1.17 bits per heavy atom. The second kappa shape index (κ2) is 9.49. The number of non-ortho nitro benzene ring substituents is 1. The van der Waals surface area contributed by atoms with Crippen molar-refractivity contribution in [2.75, 3.05) is 5.32 Å². The molecule has 1 amide bonds. The largest absolute Gasteiger partial charge is 0.322 e. The number of hydrogen-bond donors (Lipinski definition) is 1. The Bertz CT molecular complexity index is 1420. The summed E-state index contributed by atoms with van der Waals surface area (Å²) in [5.41, 5.74) is 6.17. The monoisotopic (exact) mass is 459 g/mol. The van der Waals surface area contributed by atoms with Crippen LogP contribution in [0.2, 0.25) is 0 Å². The van der Waals surface area contributed by atoms with Gasteiger partial charge in [-0.05, 0) is 59.7 Å². The van der Waals surface area contributed by atoms with E-state index in [2.05, 4.69) is 46.3 Å². The molecule has 5 rings (SSSR count). The van der Waals surface area contributed by atoms with Crippen LogP contribution in [-0.2, 0) is 0 Å². The van der Waals surface area contributed by atoms with E-state index in [0.29, 0.717) is 11.3 Å². The molecule has 0 fully saturated rings. The van der Waals surface area contributed by atoms with Gasteiger partial charge >= 0.3 is 0 Å². The van der Waals surface area contributed by atoms with Crippen molar-refractivity contribution in [2.24, 2.45) is 0 Å². The average Bonchev–Trinajstić information content (AvgIpc) is 3.35. The third-order valence-electron chi connectivity index (χ3n) is 5.74. The molecule has 170 valence electrons. The van der Waals surface area contributed by atoms with Crippen molar-refractivity contribution in [3.8, 4) is 28.2 Å². The van der Waals surface area contributed by atoms with Gasteiger partial charge in [-0.1, -0.05) is 60.7 Å². The van der Waals surface area contributed by atoms with Gasteiger partial charge in [0.05, 0.1) is 16.3 Å². The van der Waals surface area contributed by atoms with E-state index >= 15 is 0 Å². The number of carbonyl (C=O) groups excluding carboxylic acids is 1. The maximum atomic E-state index is 12.8. The first-order chi connectivity index (χ1) is 17.1. The van der Waals surface area contributed by atoms with E-state index in [1.165, 1.54) is 24.3 Å². The summed E-state index contributed by atoms with van der Waals surface area (Å²) in [6.45, 7) is 0. The minimum absolute atomic E-state index is 0.0254. The van der Waals surface area contributed by atoms with E-state index in [-0.39, 0.29) is 11.6 Å². The summed E-state index contributed by atoms with van der Waals surface area (Å²) in [7, 11) is 0. The first-order valence-electron chi connectivity index (χ1n) is 11.1. The number of amides is 1. The van der Waals surface area contributed by atoms with Gasteiger partial charge in [0.1, 0.15) is 0 Å². The zero-order valence-electron chi connectivity index (χ0n) is 18.7. The highest BCUT2D eigenvalue weighted by Gasteiger charge is 2.15. The van der Waals surface area contributed by atoms with Crippen LogP contribution in [0.4, 0.5) is 11.4 Å². The predicted molar refractivity (Wildman–Crippen MR) is 138 cm³/mol.